The van der Waals surface area contributed by atoms with Crippen molar-refractivity contribution in [3.05, 3.63) is 24.0 Å². The number of hydrogen-bond donors (Lipinski definition) is 3. The van der Waals surface area contributed by atoms with E-state index in [0.29, 0.717) is 32.5 Å². The average molecular weight is 388 g/mol. The number of carbonyl (C=O) groups excluding carboxylic acids is 4. The summed E-state index contributed by atoms with van der Waals surface area (Å²) in [4.78, 5) is 52.3. The van der Waals surface area contributed by atoms with Gasteiger partial charge in [0.1, 0.15) is 0 Å². The molecule has 3 rings (SSSR count). The topological polar surface area (TPSA) is 111 Å². The third-order valence-corrected chi connectivity index (χ3v) is 5.80. The summed E-state index contributed by atoms with van der Waals surface area (Å²) in [6, 6.07) is 3.91. The Bertz CT molecular complexity index is 735. The van der Waals surface area contributed by atoms with E-state index in [-0.39, 0.29) is 41.9 Å². The molecule has 28 heavy (non-hydrogen) atoms. The fourth-order valence-electron chi connectivity index (χ4n) is 3.78. The molecule has 1 aromatic heterocycles. The first-order chi connectivity index (χ1) is 13.3. The molecule has 2 saturated heterocycles. The number of carbonyl (C=O) groups is 4. The van der Waals surface area contributed by atoms with Crippen molar-refractivity contribution in [1.82, 2.24) is 20.5 Å². The van der Waals surface area contributed by atoms with Crippen LogP contribution in [0.5, 0.6) is 0 Å². The molecule has 1 aromatic rings. The van der Waals surface area contributed by atoms with Crippen molar-refractivity contribution in [1.29, 1.82) is 0 Å². The first-order valence-corrected chi connectivity index (χ1v) is 9.85. The molecule has 0 saturated carbocycles. The molecule has 0 radical (unpaired) electrons. The lowest BCUT2D eigenvalue weighted by Gasteiger charge is -2.39. The van der Waals surface area contributed by atoms with Gasteiger partial charge in [0.15, 0.2) is 0 Å². The van der Waals surface area contributed by atoms with E-state index in [4.69, 9.17) is 0 Å². The molecule has 0 aromatic carbocycles. The van der Waals surface area contributed by atoms with Gasteiger partial charge in [0.2, 0.25) is 23.6 Å². The van der Waals surface area contributed by atoms with Gasteiger partial charge in [-0.05, 0) is 36.8 Å². The van der Waals surface area contributed by atoms with Crippen LogP contribution in [0, 0.1) is 11.3 Å². The maximum atomic E-state index is 12.4. The zero-order valence-electron chi connectivity index (χ0n) is 16.3. The monoisotopic (exact) mass is 388 g/mol. The number of H-pyrrole nitrogens is 1. The normalized spacial score (nSPS) is 21.5. The number of amides is 4. The molecule has 1 unspecified atom stereocenters. The summed E-state index contributed by atoms with van der Waals surface area (Å²) in [5.41, 5.74) is 0.996. The van der Waals surface area contributed by atoms with Crippen molar-refractivity contribution in [3.63, 3.8) is 0 Å². The van der Waals surface area contributed by atoms with Crippen LogP contribution in [0.4, 0.5) is 0 Å². The molecule has 2 aliphatic heterocycles. The van der Waals surface area contributed by atoms with Gasteiger partial charge < -0.3 is 15.2 Å². The van der Waals surface area contributed by atoms with E-state index in [2.05, 4.69) is 22.5 Å². The number of aryl methyl sites for hydroxylation is 1. The molecule has 8 heteroatoms. The number of nitrogens with one attached hydrogen (secondary N) is 3. The van der Waals surface area contributed by atoms with Gasteiger partial charge in [-0.25, -0.2) is 0 Å². The molecular formula is C20H28N4O4. The third-order valence-electron chi connectivity index (χ3n) is 5.80. The Morgan fingerprint density at radius 1 is 1.29 bits per heavy atom. The smallest absolute Gasteiger partial charge is 0.230 e. The zero-order chi connectivity index (χ0) is 20.1. The first-order valence-electron chi connectivity index (χ1n) is 9.85. The predicted molar refractivity (Wildman–Crippen MR) is 102 cm³/mol. The highest BCUT2D eigenvalue weighted by Gasteiger charge is 2.34. The molecular weight excluding hydrogens is 360 g/mol. The minimum Gasteiger partial charge on any atom is -0.365 e. The van der Waals surface area contributed by atoms with Crippen molar-refractivity contribution >= 4 is 23.6 Å². The van der Waals surface area contributed by atoms with Gasteiger partial charge in [0, 0.05) is 50.8 Å². The lowest BCUT2D eigenvalue weighted by molar-refractivity contribution is -0.133. The molecule has 152 valence electrons. The van der Waals surface area contributed by atoms with Crippen LogP contribution < -0.4 is 10.6 Å². The fraction of sp³-hybridized carbons (Fsp3) is 0.600. The molecule has 3 N–H and O–H groups in total. The van der Waals surface area contributed by atoms with E-state index < -0.39 is 5.92 Å². The Hall–Kier alpha value is -2.64. The lowest BCUT2D eigenvalue weighted by Crippen LogP contribution is -2.46. The van der Waals surface area contributed by atoms with Gasteiger partial charge in [-0.1, -0.05) is 6.92 Å². The Balaban J connectivity index is 1.38. The number of aromatic amines is 1. The summed E-state index contributed by atoms with van der Waals surface area (Å²) in [5, 5.41) is 5.13. The van der Waals surface area contributed by atoms with Gasteiger partial charge in [0.25, 0.3) is 0 Å². The van der Waals surface area contributed by atoms with Crippen molar-refractivity contribution in [2.24, 2.45) is 11.3 Å². The third kappa shape index (κ3) is 5.21. The number of hydrogen-bond acceptors (Lipinski definition) is 4. The number of imide groups is 1. The van der Waals surface area contributed by atoms with Crippen LogP contribution in [0.1, 0.15) is 44.7 Å². The van der Waals surface area contributed by atoms with Crippen LogP contribution >= 0.6 is 0 Å². The lowest BCUT2D eigenvalue weighted by atomic mass is 9.80. The summed E-state index contributed by atoms with van der Waals surface area (Å²) >= 11 is 0. The summed E-state index contributed by atoms with van der Waals surface area (Å²) in [5.74, 6) is -1.28. The number of nitrogens with zero attached hydrogens (tertiary/aromatic N) is 1. The Morgan fingerprint density at radius 3 is 2.64 bits per heavy atom. The minimum atomic E-state index is -0.556. The first kappa shape index (κ1) is 20.1. The summed E-state index contributed by atoms with van der Waals surface area (Å²) in [6.45, 7) is 4.00. The van der Waals surface area contributed by atoms with Gasteiger partial charge in [-0.15, -0.1) is 0 Å². The minimum absolute atomic E-state index is 0.0387. The highest BCUT2D eigenvalue weighted by atomic mass is 16.2. The number of aromatic nitrogens is 1. The van der Waals surface area contributed by atoms with E-state index in [1.807, 2.05) is 23.2 Å². The van der Waals surface area contributed by atoms with Gasteiger partial charge in [-0.3, -0.25) is 24.5 Å². The van der Waals surface area contributed by atoms with E-state index in [1.54, 1.807) is 0 Å². The van der Waals surface area contributed by atoms with Crippen molar-refractivity contribution in [2.75, 3.05) is 19.6 Å². The zero-order valence-corrected chi connectivity index (χ0v) is 16.3. The molecule has 1 atom stereocenters. The van der Waals surface area contributed by atoms with E-state index in [9.17, 15) is 19.2 Å². The van der Waals surface area contributed by atoms with E-state index >= 15 is 0 Å². The highest BCUT2D eigenvalue weighted by Crippen LogP contribution is 2.30. The standard InChI is InChI=1S/C20H28N4O4/c1-20(13-22-16(25)11-14-12-17(26)23-19(14)28)6-9-24(10-7-20)18(27)5-4-15-3-2-8-21-15/h2-3,8,14,21H,4-7,9-13H2,1H3,(H,22,25)(H,23,26,28). The van der Waals surface area contributed by atoms with Crippen LogP contribution in [0.15, 0.2) is 18.3 Å². The fourth-order valence-corrected chi connectivity index (χ4v) is 3.78. The van der Waals surface area contributed by atoms with Gasteiger partial charge >= 0.3 is 0 Å². The number of rotatable bonds is 7. The second-order valence-corrected chi connectivity index (χ2v) is 8.18. The summed E-state index contributed by atoms with van der Waals surface area (Å²) in [7, 11) is 0. The highest BCUT2D eigenvalue weighted by molar-refractivity contribution is 6.04. The number of likely N-dealkylation sites (tertiary alicyclic amines) is 1. The Morgan fingerprint density at radius 2 is 2.04 bits per heavy atom. The van der Waals surface area contributed by atoms with E-state index in [1.165, 1.54) is 0 Å². The molecule has 2 fully saturated rings. The van der Waals surface area contributed by atoms with Gasteiger partial charge in [0.05, 0.1) is 5.92 Å². The van der Waals surface area contributed by atoms with Crippen molar-refractivity contribution in [2.45, 2.75) is 45.4 Å². The summed E-state index contributed by atoms with van der Waals surface area (Å²) in [6.07, 6.45) is 4.84. The van der Waals surface area contributed by atoms with E-state index in [0.717, 1.165) is 18.5 Å². The average Bonchev–Trinajstić information content (AvgIpc) is 3.28. The quantitative estimate of drug-likeness (QED) is 0.598. The predicted octanol–water partition coefficient (Wildman–Crippen LogP) is 0.745. The van der Waals surface area contributed by atoms with Crippen LogP contribution in [0.3, 0.4) is 0 Å². The molecule has 8 nitrogen and oxygen atoms in total. The van der Waals surface area contributed by atoms with Crippen molar-refractivity contribution < 1.29 is 19.2 Å². The van der Waals surface area contributed by atoms with Crippen LogP contribution in [0.2, 0.25) is 0 Å². The maximum Gasteiger partial charge on any atom is 0.230 e. The SMILES string of the molecule is CC1(CNC(=O)CC2CC(=O)NC2=O)CCN(C(=O)CCc2ccc[nH]2)CC1. The largest absolute Gasteiger partial charge is 0.365 e. The Labute approximate surface area is 164 Å². The Kier molecular flexibility index (Phi) is 6.16. The molecule has 0 aliphatic carbocycles. The molecule has 0 bridgehead atoms. The molecule has 4 amide bonds. The second kappa shape index (κ2) is 8.58. The molecule has 0 spiro atoms. The maximum absolute atomic E-state index is 12.4. The second-order valence-electron chi connectivity index (χ2n) is 8.18. The van der Waals surface area contributed by atoms with Crippen LogP contribution in [-0.4, -0.2) is 53.1 Å². The van der Waals surface area contributed by atoms with Crippen LogP contribution in [-0.2, 0) is 25.6 Å². The number of piperidine rings is 1. The molecule has 2 aliphatic rings. The van der Waals surface area contributed by atoms with Gasteiger partial charge in [-0.2, -0.15) is 0 Å². The summed E-state index contributed by atoms with van der Waals surface area (Å²) < 4.78 is 0. The van der Waals surface area contributed by atoms with Crippen LogP contribution in [0.25, 0.3) is 0 Å². The van der Waals surface area contributed by atoms with Crippen molar-refractivity contribution in [3.8, 4) is 0 Å². The molecule has 3 heterocycles.